The second kappa shape index (κ2) is 3.09. The van der Waals surface area contributed by atoms with E-state index >= 15 is 0 Å². The summed E-state index contributed by atoms with van der Waals surface area (Å²) in [5, 5.41) is 9.01. The third-order valence-electron chi connectivity index (χ3n) is 1.36. The van der Waals surface area contributed by atoms with Gasteiger partial charge >= 0.3 is 0 Å². The first-order chi connectivity index (χ1) is 4.74. The van der Waals surface area contributed by atoms with E-state index in [2.05, 4.69) is 0 Å². The molecule has 1 saturated heterocycles. The van der Waals surface area contributed by atoms with Crippen LogP contribution >= 0.6 is 0 Å². The highest BCUT2D eigenvalue weighted by Crippen LogP contribution is 2.10. The fourth-order valence-electron chi connectivity index (χ4n) is 0.803. The molecule has 3 atom stereocenters. The van der Waals surface area contributed by atoms with E-state index in [4.69, 9.17) is 14.6 Å². The second-order valence-corrected chi connectivity index (χ2v) is 2.21. The van der Waals surface area contributed by atoms with Crippen LogP contribution in [0.4, 0.5) is 0 Å². The van der Waals surface area contributed by atoms with Crippen LogP contribution in [0.2, 0.25) is 0 Å². The summed E-state index contributed by atoms with van der Waals surface area (Å²) in [6.07, 6.45) is -1.33. The highest BCUT2D eigenvalue weighted by Gasteiger charge is 2.27. The summed E-state index contributed by atoms with van der Waals surface area (Å²) >= 11 is 0. The van der Waals surface area contributed by atoms with Gasteiger partial charge in [-0.05, 0) is 6.92 Å². The summed E-state index contributed by atoms with van der Waals surface area (Å²) in [5.41, 5.74) is 0. The molecule has 0 radical (unpaired) electrons. The van der Waals surface area contributed by atoms with Crippen LogP contribution in [0.25, 0.3) is 0 Å². The number of carbonyl (C=O) groups excluding carboxylic acids is 1. The number of hydrogen-bond donors (Lipinski definition) is 1. The zero-order valence-corrected chi connectivity index (χ0v) is 5.69. The number of ether oxygens (including phenoxy) is 2. The number of aliphatic hydroxyl groups is 1. The molecular formula is C6H10O4. The van der Waals surface area contributed by atoms with Crippen LogP contribution in [0.5, 0.6) is 0 Å². The van der Waals surface area contributed by atoms with Gasteiger partial charge in [0.2, 0.25) is 0 Å². The van der Waals surface area contributed by atoms with E-state index in [9.17, 15) is 4.79 Å². The van der Waals surface area contributed by atoms with Crippen molar-refractivity contribution in [1.29, 1.82) is 0 Å². The van der Waals surface area contributed by atoms with Crippen LogP contribution in [-0.2, 0) is 14.3 Å². The van der Waals surface area contributed by atoms with Gasteiger partial charge in [0.1, 0.15) is 12.2 Å². The molecule has 0 amide bonds. The minimum atomic E-state index is -0.811. The van der Waals surface area contributed by atoms with Gasteiger partial charge in [-0.2, -0.15) is 0 Å². The summed E-state index contributed by atoms with van der Waals surface area (Å²) < 4.78 is 9.80. The van der Waals surface area contributed by atoms with Crippen molar-refractivity contribution in [2.75, 3.05) is 6.61 Å². The van der Waals surface area contributed by atoms with Gasteiger partial charge in [0.25, 0.3) is 0 Å². The monoisotopic (exact) mass is 146 g/mol. The molecule has 2 unspecified atom stereocenters. The molecule has 4 nitrogen and oxygen atoms in total. The Morgan fingerprint density at radius 2 is 2.40 bits per heavy atom. The highest BCUT2D eigenvalue weighted by molar-refractivity contribution is 5.57. The molecule has 0 aromatic heterocycles. The number of hydrogen-bond acceptors (Lipinski definition) is 4. The Hall–Kier alpha value is -0.450. The van der Waals surface area contributed by atoms with E-state index in [1.165, 1.54) is 0 Å². The van der Waals surface area contributed by atoms with Crippen molar-refractivity contribution in [1.82, 2.24) is 0 Å². The summed E-state index contributed by atoms with van der Waals surface area (Å²) in [4.78, 5) is 10.2. The number of aliphatic hydroxyl groups excluding tert-OH is 1. The molecule has 1 rings (SSSR count). The number of aldehydes is 1. The van der Waals surface area contributed by atoms with Crippen LogP contribution < -0.4 is 0 Å². The van der Waals surface area contributed by atoms with E-state index in [0.29, 0.717) is 6.29 Å². The fourth-order valence-corrected chi connectivity index (χ4v) is 0.803. The molecule has 1 fully saturated rings. The Bertz CT molecular complexity index is 125. The maximum Gasteiger partial charge on any atom is 0.156 e. The lowest BCUT2D eigenvalue weighted by atomic mass is 10.2. The number of rotatable bonds is 1. The van der Waals surface area contributed by atoms with Crippen LogP contribution in [0.15, 0.2) is 0 Å². The largest absolute Gasteiger partial charge is 0.388 e. The normalized spacial score (nSPS) is 41.2. The van der Waals surface area contributed by atoms with Gasteiger partial charge in [0.05, 0.1) is 6.61 Å². The molecule has 0 bridgehead atoms. The second-order valence-electron chi connectivity index (χ2n) is 2.21. The summed E-state index contributed by atoms with van der Waals surface area (Å²) in [6, 6.07) is 0. The molecule has 1 heterocycles. The Kier molecular flexibility index (Phi) is 2.37. The quantitative estimate of drug-likeness (QED) is 0.497. The molecule has 1 aliphatic rings. The average molecular weight is 146 g/mol. The van der Waals surface area contributed by atoms with Crippen LogP contribution in [0.3, 0.4) is 0 Å². The van der Waals surface area contributed by atoms with E-state index in [-0.39, 0.29) is 6.61 Å². The zero-order chi connectivity index (χ0) is 7.56. The van der Waals surface area contributed by atoms with Crippen molar-refractivity contribution in [3.8, 4) is 0 Å². The van der Waals surface area contributed by atoms with Crippen LogP contribution in [0, 0.1) is 0 Å². The van der Waals surface area contributed by atoms with Gasteiger partial charge in [0.15, 0.2) is 12.6 Å². The van der Waals surface area contributed by atoms with Crippen molar-refractivity contribution in [3.63, 3.8) is 0 Å². The lowest BCUT2D eigenvalue weighted by molar-refractivity contribution is -0.234. The molecule has 10 heavy (non-hydrogen) atoms. The molecule has 1 aliphatic heterocycles. The molecule has 0 aliphatic carbocycles. The van der Waals surface area contributed by atoms with Gasteiger partial charge in [-0.25, -0.2) is 0 Å². The molecule has 0 aromatic rings. The highest BCUT2D eigenvalue weighted by atomic mass is 16.7. The smallest absolute Gasteiger partial charge is 0.156 e. The van der Waals surface area contributed by atoms with Gasteiger partial charge in [-0.1, -0.05) is 0 Å². The lowest BCUT2D eigenvalue weighted by Crippen LogP contribution is -2.43. The summed E-state index contributed by atoms with van der Waals surface area (Å²) in [5.74, 6) is 0. The molecule has 0 aromatic carbocycles. The molecule has 0 saturated carbocycles. The number of carbonyl (C=O) groups is 1. The third-order valence-corrected chi connectivity index (χ3v) is 1.36. The fraction of sp³-hybridized carbons (Fsp3) is 0.833. The van der Waals surface area contributed by atoms with Gasteiger partial charge < -0.3 is 19.4 Å². The average Bonchev–Trinajstić information content (AvgIpc) is 1.94. The molecule has 58 valence electrons. The van der Waals surface area contributed by atoms with Gasteiger partial charge in [0, 0.05) is 0 Å². The van der Waals surface area contributed by atoms with Crippen LogP contribution in [0.1, 0.15) is 6.92 Å². The molecule has 4 heteroatoms. The lowest BCUT2D eigenvalue weighted by Gasteiger charge is -2.28. The van der Waals surface area contributed by atoms with E-state index < -0.39 is 18.5 Å². The summed E-state index contributed by atoms with van der Waals surface area (Å²) in [7, 11) is 0. The Labute approximate surface area is 58.7 Å². The van der Waals surface area contributed by atoms with Gasteiger partial charge in [-0.3, -0.25) is 0 Å². The molecule has 0 spiro atoms. The standard InChI is InChI=1S/C6H10O4/c1-4-9-3-5(8)6(2-7)10-4/h2,4-6,8H,3H2,1H3/t4?,5-,6?/m1/s1. The molecule has 1 N–H and O–H groups in total. The topological polar surface area (TPSA) is 55.8 Å². The Balaban J connectivity index is 2.45. The van der Waals surface area contributed by atoms with Gasteiger partial charge in [-0.15, -0.1) is 0 Å². The molecular weight excluding hydrogens is 136 g/mol. The Morgan fingerprint density at radius 3 is 2.90 bits per heavy atom. The minimum Gasteiger partial charge on any atom is -0.388 e. The predicted molar refractivity (Wildman–Crippen MR) is 32.4 cm³/mol. The Morgan fingerprint density at radius 1 is 1.70 bits per heavy atom. The van der Waals surface area contributed by atoms with Crippen molar-refractivity contribution in [3.05, 3.63) is 0 Å². The van der Waals surface area contributed by atoms with E-state index in [0.717, 1.165) is 0 Å². The zero-order valence-electron chi connectivity index (χ0n) is 5.69. The van der Waals surface area contributed by atoms with Crippen LogP contribution in [-0.4, -0.2) is 36.5 Å². The summed E-state index contributed by atoms with van der Waals surface area (Å²) in [6.45, 7) is 1.85. The maximum atomic E-state index is 10.2. The van der Waals surface area contributed by atoms with Crippen molar-refractivity contribution in [2.24, 2.45) is 0 Å². The third kappa shape index (κ3) is 1.53. The van der Waals surface area contributed by atoms with Crippen molar-refractivity contribution < 1.29 is 19.4 Å². The first kappa shape index (κ1) is 7.65. The predicted octanol–water partition coefficient (Wildman–Crippen LogP) is -0.692. The first-order valence-corrected chi connectivity index (χ1v) is 3.14. The maximum absolute atomic E-state index is 10.2. The minimum absolute atomic E-state index is 0.171. The van der Waals surface area contributed by atoms with E-state index in [1.807, 2.05) is 0 Å². The van der Waals surface area contributed by atoms with Crippen molar-refractivity contribution in [2.45, 2.75) is 25.4 Å². The SMILES string of the molecule is CC1OC[C@@H](O)C(C=O)O1. The van der Waals surface area contributed by atoms with Crippen molar-refractivity contribution >= 4 is 6.29 Å². The first-order valence-electron chi connectivity index (χ1n) is 3.14. The van der Waals surface area contributed by atoms with E-state index in [1.54, 1.807) is 6.92 Å².